The molecule has 1 aliphatic heterocycles. The number of hydrogen-bond acceptors (Lipinski definition) is 3. The largest absolute Gasteiger partial charge is 0.352 e. The molecule has 0 aromatic heterocycles. The number of rotatable bonds is 4. The molecule has 0 bridgehead atoms. The fourth-order valence-electron chi connectivity index (χ4n) is 2.34. The van der Waals surface area contributed by atoms with Gasteiger partial charge in [0.25, 0.3) is 5.91 Å². The van der Waals surface area contributed by atoms with E-state index in [9.17, 15) is 9.59 Å². The van der Waals surface area contributed by atoms with Gasteiger partial charge in [-0.15, -0.1) is 12.4 Å². The fraction of sp³-hybridized carbons (Fsp3) is 0.467. The predicted octanol–water partition coefficient (Wildman–Crippen LogP) is 1.81. The summed E-state index contributed by atoms with van der Waals surface area (Å²) in [4.78, 5) is 25.9. The van der Waals surface area contributed by atoms with Crippen molar-refractivity contribution in [3.8, 4) is 0 Å². The Hall–Kier alpha value is -1.11. The highest BCUT2D eigenvalue weighted by Gasteiger charge is 2.22. The van der Waals surface area contributed by atoms with Crippen LogP contribution in [0.3, 0.4) is 0 Å². The lowest BCUT2D eigenvalue weighted by Gasteiger charge is -2.34. The van der Waals surface area contributed by atoms with Gasteiger partial charge >= 0.3 is 0 Å². The first-order valence-electron chi connectivity index (χ1n) is 7.12. The van der Waals surface area contributed by atoms with Gasteiger partial charge in [-0.3, -0.25) is 9.59 Å². The van der Waals surface area contributed by atoms with Crippen LogP contribution in [0.15, 0.2) is 28.7 Å². The van der Waals surface area contributed by atoms with E-state index in [0.717, 1.165) is 24.1 Å². The molecule has 1 aliphatic rings. The third kappa shape index (κ3) is 5.26. The average Bonchev–Trinajstić information content (AvgIpc) is 2.48. The molecule has 1 atom stereocenters. The molecule has 122 valence electrons. The summed E-state index contributed by atoms with van der Waals surface area (Å²) in [5, 5.41) is 6.04. The number of hydrogen-bond donors (Lipinski definition) is 2. The van der Waals surface area contributed by atoms with Crippen molar-refractivity contribution in [3.63, 3.8) is 0 Å². The van der Waals surface area contributed by atoms with Crippen LogP contribution in [0, 0.1) is 0 Å². The van der Waals surface area contributed by atoms with E-state index < -0.39 is 0 Å². The Morgan fingerprint density at radius 2 is 2.05 bits per heavy atom. The second-order valence-corrected chi connectivity index (χ2v) is 6.07. The van der Waals surface area contributed by atoms with E-state index in [-0.39, 0.29) is 30.3 Å². The number of benzene rings is 1. The van der Waals surface area contributed by atoms with Crippen LogP contribution in [-0.4, -0.2) is 48.9 Å². The van der Waals surface area contributed by atoms with Crippen molar-refractivity contribution in [2.24, 2.45) is 0 Å². The molecule has 0 spiro atoms. The number of nitrogens with zero attached hydrogens (tertiary/aromatic N) is 1. The molecule has 5 nitrogen and oxygen atoms in total. The van der Waals surface area contributed by atoms with Gasteiger partial charge in [0.05, 0.1) is 0 Å². The molecule has 0 radical (unpaired) electrons. The first-order chi connectivity index (χ1) is 10.1. The van der Waals surface area contributed by atoms with Crippen molar-refractivity contribution < 1.29 is 9.59 Å². The average molecular weight is 391 g/mol. The van der Waals surface area contributed by atoms with Gasteiger partial charge in [-0.25, -0.2) is 0 Å². The second kappa shape index (κ2) is 9.12. The molecule has 1 fully saturated rings. The molecule has 2 amide bonds. The molecule has 1 aromatic carbocycles. The summed E-state index contributed by atoms with van der Waals surface area (Å²) >= 11 is 3.33. The summed E-state index contributed by atoms with van der Waals surface area (Å²) in [6.45, 7) is 4.80. The highest BCUT2D eigenvalue weighted by molar-refractivity contribution is 9.10. The number of carbonyl (C=O) groups excluding carboxylic acids is 2. The lowest BCUT2D eigenvalue weighted by atomic mass is 10.2. The van der Waals surface area contributed by atoms with E-state index >= 15 is 0 Å². The molecular weight excluding hydrogens is 370 g/mol. The van der Waals surface area contributed by atoms with Gasteiger partial charge < -0.3 is 15.5 Å². The minimum atomic E-state index is -0.149. The van der Waals surface area contributed by atoms with Crippen molar-refractivity contribution in [3.05, 3.63) is 34.3 Å². The Bertz CT molecular complexity index is 510. The van der Waals surface area contributed by atoms with Gasteiger partial charge in [0, 0.05) is 48.7 Å². The third-order valence-electron chi connectivity index (χ3n) is 3.55. The van der Waals surface area contributed by atoms with Crippen LogP contribution < -0.4 is 10.6 Å². The quantitative estimate of drug-likeness (QED) is 0.824. The van der Waals surface area contributed by atoms with E-state index in [1.807, 2.05) is 24.0 Å². The topological polar surface area (TPSA) is 61.4 Å². The second-order valence-electron chi connectivity index (χ2n) is 5.15. The van der Waals surface area contributed by atoms with Gasteiger partial charge in [-0.05, 0) is 31.2 Å². The van der Waals surface area contributed by atoms with E-state index in [1.54, 1.807) is 12.1 Å². The summed E-state index contributed by atoms with van der Waals surface area (Å²) in [6.07, 6.45) is 0.340. The Kier molecular flexibility index (Phi) is 7.85. The van der Waals surface area contributed by atoms with Crippen molar-refractivity contribution in [1.29, 1.82) is 0 Å². The highest BCUT2D eigenvalue weighted by Crippen LogP contribution is 2.10. The van der Waals surface area contributed by atoms with Crippen molar-refractivity contribution in [1.82, 2.24) is 15.5 Å². The Morgan fingerprint density at radius 3 is 2.68 bits per heavy atom. The van der Waals surface area contributed by atoms with E-state index in [1.165, 1.54) is 0 Å². The molecule has 2 rings (SSSR count). The lowest BCUT2D eigenvalue weighted by Crippen LogP contribution is -2.52. The van der Waals surface area contributed by atoms with Crippen LogP contribution in [0.4, 0.5) is 0 Å². The smallest absolute Gasteiger partial charge is 0.251 e. The lowest BCUT2D eigenvalue weighted by molar-refractivity contribution is -0.133. The molecule has 22 heavy (non-hydrogen) atoms. The van der Waals surface area contributed by atoms with Crippen LogP contribution in [0.1, 0.15) is 23.7 Å². The zero-order chi connectivity index (χ0) is 15.2. The molecular formula is C15H21BrClN3O2. The number of nitrogens with one attached hydrogen (secondary N) is 2. The van der Waals surface area contributed by atoms with Crippen LogP contribution in [0.25, 0.3) is 0 Å². The maximum Gasteiger partial charge on any atom is 0.251 e. The minimum absolute atomic E-state index is 0. The van der Waals surface area contributed by atoms with Gasteiger partial charge in [-0.1, -0.05) is 15.9 Å². The molecule has 1 heterocycles. The van der Waals surface area contributed by atoms with Gasteiger partial charge in [-0.2, -0.15) is 0 Å². The zero-order valence-corrected chi connectivity index (χ0v) is 14.9. The number of carbonyl (C=O) groups is 2. The van der Waals surface area contributed by atoms with Gasteiger partial charge in [0.2, 0.25) is 5.91 Å². The third-order valence-corrected chi connectivity index (χ3v) is 4.08. The van der Waals surface area contributed by atoms with Gasteiger partial charge in [0.15, 0.2) is 0 Å². The Labute approximate surface area is 145 Å². The summed E-state index contributed by atoms with van der Waals surface area (Å²) in [6, 6.07) is 7.36. The summed E-state index contributed by atoms with van der Waals surface area (Å²) < 4.78 is 0.932. The molecule has 7 heteroatoms. The van der Waals surface area contributed by atoms with Crippen molar-refractivity contribution in [2.75, 3.05) is 26.2 Å². The zero-order valence-electron chi connectivity index (χ0n) is 12.5. The molecule has 1 saturated heterocycles. The van der Waals surface area contributed by atoms with Crippen molar-refractivity contribution in [2.45, 2.75) is 19.4 Å². The molecule has 1 aromatic rings. The molecule has 0 saturated carbocycles. The van der Waals surface area contributed by atoms with Crippen LogP contribution >= 0.6 is 28.3 Å². The van der Waals surface area contributed by atoms with E-state index in [0.29, 0.717) is 18.5 Å². The summed E-state index contributed by atoms with van der Waals surface area (Å²) in [7, 11) is 0. The normalized spacial score (nSPS) is 17.5. The number of amides is 2. The molecule has 0 aliphatic carbocycles. The monoisotopic (exact) mass is 389 g/mol. The van der Waals surface area contributed by atoms with Crippen LogP contribution in [-0.2, 0) is 4.79 Å². The maximum absolute atomic E-state index is 12.1. The van der Waals surface area contributed by atoms with E-state index in [2.05, 4.69) is 26.6 Å². The standard InChI is InChI=1S/C15H20BrN3O2.ClH/c1-11-10-17-8-9-19(11)14(20)6-7-18-15(21)12-2-4-13(16)5-3-12;/h2-5,11,17H,6-10H2,1H3,(H,18,21);1H. The molecule has 1 unspecified atom stereocenters. The molecule has 2 N–H and O–H groups in total. The summed E-state index contributed by atoms with van der Waals surface area (Å²) in [5.74, 6) is -0.0521. The van der Waals surface area contributed by atoms with Crippen LogP contribution in [0.2, 0.25) is 0 Å². The van der Waals surface area contributed by atoms with Crippen LogP contribution in [0.5, 0.6) is 0 Å². The number of halogens is 2. The summed E-state index contributed by atoms with van der Waals surface area (Å²) in [5.41, 5.74) is 0.598. The maximum atomic E-state index is 12.1. The van der Waals surface area contributed by atoms with Crippen molar-refractivity contribution >= 4 is 40.2 Å². The highest BCUT2D eigenvalue weighted by atomic mass is 79.9. The van der Waals surface area contributed by atoms with Gasteiger partial charge in [0.1, 0.15) is 0 Å². The Morgan fingerprint density at radius 1 is 1.36 bits per heavy atom. The first-order valence-corrected chi connectivity index (χ1v) is 7.91. The predicted molar refractivity (Wildman–Crippen MR) is 92.4 cm³/mol. The Balaban J connectivity index is 0.00000242. The SMILES string of the molecule is CC1CNCCN1C(=O)CCNC(=O)c1ccc(Br)cc1.Cl. The minimum Gasteiger partial charge on any atom is -0.352 e. The first kappa shape index (κ1) is 18.9. The fourth-order valence-corrected chi connectivity index (χ4v) is 2.61. The van der Waals surface area contributed by atoms with E-state index in [4.69, 9.17) is 0 Å². The number of piperazine rings is 1.